The zero-order chi connectivity index (χ0) is 14.9. The van der Waals surface area contributed by atoms with E-state index in [-0.39, 0.29) is 22.4 Å². The summed E-state index contributed by atoms with van der Waals surface area (Å²) < 4.78 is 13.3. The summed E-state index contributed by atoms with van der Waals surface area (Å²) in [6, 6.07) is 1.78. The summed E-state index contributed by atoms with van der Waals surface area (Å²) in [6.07, 6.45) is 1.73. The smallest absolute Gasteiger partial charge is 0.295 e. The third-order valence-corrected chi connectivity index (χ3v) is 4.00. The number of nitro benzene ring substituents is 1. The van der Waals surface area contributed by atoms with E-state index in [4.69, 9.17) is 11.6 Å². The number of nitrogens with one attached hydrogen (secondary N) is 1. The van der Waals surface area contributed by atoms with Crippen LogP contribution in [-0.4, -0.2) is 9.91 Å². The topological polar surface area (TPSA) is 68.1 Å². The minimum absolute atomic E-state index is 0.166. The minimum atomic E-state index is -0.818. The summed E-state index contributed by atoms with van der Waals surface area (Å²) in [5, 5.41) is 14.5. The number of hydrogen-bond acceptors (Lipinski definition) is 5. The molecule has 0 aliphatic heterocycles. The molecular formula is C12H11ClFN3O2S. The van der Waals surface area contributed by atoms with Gasteiger partial charge in [0, 0.05) is 11.1 Å². The van der Waals surface area contributed by atoms with Crippen LogP contribution < -0.4 is 5.32 Å². The summed E-state index contributed by atoms with van der Waals surface area (Å²) in [7, 11) is 0. The molecule has 106 valence electrons. The first kappa shape index (κ1) is 14.7. The van der Waals surface area contributed by atoms with Crippen LogP contribution in [0.5, 0.6) is 0 Å². The second-order valence-corrected chi connectivity index (χ2v) is 5.89. The van der Waals surface area contributed by atoms with E-state index in [9.17, 15) is 14.5 Å². The molecule has 1 N–H and O–H groups in total. The van der Waals surface area contributed by atoms with Crippen LogP contribution in [0.2, 0.25) is 5.02 Å². The lowest BCUT2D eigenvalue weighted by molar-refractivity contribution is -0.384. The third kappa shape index (κ3) is 3.05. The number of nitro groups is 1. The molecule has 0 fully saturated rings. The fourth-order valence-corrected chi connectivity index (χ4v) is 2.61. The zero-order valence-electron chi connectivity index (χ0n) is 10.7. The molecule has 5 nitrogen and oxygen atoms in total. The van der Waals surface area contributed by atoms with Gasteiger partial charge in [-0.1, -0.05) is 11.6 Å². The highest BCUT2D eigenvalue weighted by molar-refractivity contribution is 7.11. The monoisotopic (exact) mass is 315 g/mol. The van der Waals surface area contributed by atoms with Crippen molar-refractivity contribution in [2.45, 2.75) is 19.9 Å². The van der Waals surface area contributed by atoms with E-state index in [1.165, 1.54) is 17.4 Å². The fourth-order valence-electron chi connectivity index (χ4n) is 1.67. The molecule has 2 aromatic rings. The molecule has 0 amide bonds. The van der Waals surface area contributed by atoms with Gasteiger partial charge in [0.2, 0.25) is 0 Å². The highest BCUT2D eigenvalue weighted by atomic mass is 35.5. The summed E-state index contributed by atoms with van der Waals surface area (Å²) >= 11 is 7.16. The fraction of sp³-hybridized carbons (Fsp3) is 0.250. The summed E-state index contributed by atoms with van der Waals surface area (Å²) in [4.78, 5) is 15.5. The van der Waals surface area contributed by atoms with Crippen molar-refractivity contribution in [1.29, 1.82) is 0 Å². The van der Waals surface area contributed by atoms with Gasteiger partial charge in [-0.15, -0.1) is 11.3 Å². The molecule has 1 aromatic heterocycles. The molecule has 0 aliphatic rings. The molecule has 0 saturated heterocycles. The molecule has 8 heteroatoms. The number of anilines is 1. The maximum atomic E-state index is 13.3. The number of hydrogen-bond donors (Lipinski definition) is 1. The summed E-state index contributed by atoms with van der Waals surface area (Å²) in [6.45, 7) is 3.74. The highest BCUT2D eigenvalue weighted by Gasteiger charge is 2.20. The number of benzene rings is 1. The molecular weight excluding hydrogens is 305 g/mol. The van der Waals surface area contributed by atoms with E-state index in [0.717, 1.165) is 16.0 Å². The number of halogens is 2. The summed E-state index contributed by atoms with van der Waals surface area (Å²) in [5.74, 6) is -0.818. The Morgan fingerprint density at radius 3 is 2.80 bits per heavy atom. The Bertz CT molecular complexity index is 662. The lowest BCUT2D eigenvalue weighted by Crippen LogP contribution is -2.08. The van der Waals surface area contributed by atoms with Crippen LogP contribution in [0.4, 0.5) is 15.8 Å². The predicted molar refractivity (Wildman–Crippen MR) is 77.0 cm³/mol. The van der Waals surface area contributed by atoms with E-state index >= 15 is 0 Å². The third-order valence-electron chi connectivity index (χ3n) is 2.62. The van der Waals surface area contributed by atoms with Crippen LogP contribution in [0, 0.1) is 22.9 Å². The van der Waals surface area contributed by atoms with Gasteiger partial charge in [0.15, 0.2) is 0 Å². The van der Waals surface area contributed by atoms with Gasteiger partial charge in [-0.3, -0.25) is 10.1 Å². The molecule has 0 bridgehead atoms. The van der Waals surface area contributed by atoms with Crippen molar-refractivity contribution in [3.63, 3.8) is 0 Å². The molecule has 0 aliphatic carbocycles. The first-order valence-electron chi connectivity index (χ1n) is 5.70. The van der Waals surface area contributed by atoms with Crippen molar-refractivity contribution < 1.29 is 9.31 Å². The summed E-state index contributed by atoms with van der Waals surface area (Å²) in [5.41, 5.74) is -0.186. The first-order valence-corrected chi connectivity index (χ1v) is 6.90. The van der Waals surface area contributed by atoms with E-state index in [2.05, 4.69) is 10.3 Å². The van der Waals surface area contributed by atoms with Gasteiger partial charge in [-0.25, -0.2) is 9.37 Å². The zero-order valence-corrected chi connectivity index (χ0v) is 12.3. The Morgan fingerprint density at radius 1 is 1.55 bits per heavy atom. The second-order valence-electron chi connectivity index (χ2n) is 4.22. The average molecular weight is 316 g/mol. The van der Waals surface area contributed by atoms with Gasteiger partial charge < -0.3 is 5.32 Å². The minimum Gasteiger partial charge on any atom is -0.370 e. The van der Waals surface area contributed by atoms with Gasteiger partial charge in [0.1, 0.15) is 16.5 Å². The van der Waals surface area contributed by atoms with E-state index in [0.29, 0.717) is 0 Å². The molecule has 1 heterocycles. The molecule has 0 radical (unpaired) electrons. The van der Waals surface area contributed by atoms with Gasteiger partial charge in [0.25, 0.3) is 5.69 Å². The molecule has 0 spiro atoms. The lowest BCUT2D eigenvalue weighted by Gasteiger charge is -2.13. The Kier molecular flexibility index (Phi) is 4.20. The van der Waals surface area contributed by atoms with Crippen LogP contribution in [-0.2, 0) is 0 Å². The maximum Gasteiger partial charge on any atom is 0.295 e. The van der Waals surface area contributed by atoms with Crippen LogP contribution in [0.15, 0.2) is 18.3 Å². The number of rotatable bonds is 4. The Morgan fingerprint density at radius 2 is 2.25 bits per heavy atom. The number of thiazole rings is 1. The molecule has 1 atom stereocenters. The van der Waals surface area contributed by atoms with E-state index < -0.39 is 10.7 Å². The largest absolute Gasteiger partial charge is 0.370 e. The van der Waals surface area contributed by atoms with Gasteiger partial charge in [-0.2, -0.15) is 0 Å². The van der Waals surface area contributed by atoms with Crippen LogP contribution in [0.3, 0.4) is 0 Å². The first-order chi connectivity index (χ1) is 9.38. The lowest BCUT2D eigenvalue weighted by atomic mass is 10.2. The van der Waals surface area contributed by atoms with Crippen LogP contribution in [0.25, 0.3) is 0 Å². The van der Waals surface area contributed by atoms with Crippen molar-refractivity contribution in [2.75, 3.05) is 5.32 Å². The molecule has 2 rings (SSSR count). The predicted octanol–water partition coefficient (Wildman–Crippen LogP) is 4.33. The van der Waals surface area contributed by atoms with Crippen LogP contribution >= 0.6 is 22.9 Å². The standard InChI is InChI=1S/C12H11ClFN3O2S/c1-6-5-15-12(20-6)7(2)16-10-3-8(13)9(14)4-11(10)17(18)19/h3-5,7,16H,1-2H3. The number of aryl methyl sites for hydroxylation is 1. The Labute approximate surface area is 123 Å². The maximum absolute atomic E-state index is 13.3. The van der Waals surface area contributed by atoms with Crippen molar-refractivity contribution in [1.82, 2.24) is 4.98 Å². The molecule has 0 saturated carbocycles. The SMILES string of the molecule is Cc1cnc(C(C)Nc2cc(Cl)c(F)cc2[N+](=O)[O-])s1. The molecule has 1 unspecified atom stereocenters. The average Bonchev–Trinajstić information content (AvgIpc) is 2.80. The van der Waals surface area contributed by atoms with Crippen molar-refractivity contribution in [3.05, 3.63) is 49.2 Å². The van der Waals surface area contributed by atoms with Crippen LogP contribution in [0.1, 0.15) is 22.9 Å². The van der Waals surface area contributed by atoms with Gasteiger partial charge in [0.05, 0.1) is 22.1 Å². The van der Waals surface area contributed by atoms with Gasteiger partial charge >= 0.3 is 0 Å². The normalized spacial score (nSPS) is 12.2. The quantitative estimate of drug-likeness (QED) is 0.673. The molecule has 1 aromatic carbocycles. The number of aromatic nitrogens is 1. The van der Waals surface area contributed by atoms with E-state index in [1.54, 1.807) is 6.20 Å². The van der Waals surface area contributed by atoms with Crippen molar-refractivity contribution in [2.24, 2.45) is 0 Å². The van der Waals surface area contributed by atoms with E-state index in [1.807, 2.05) is 13.8 Å². The molecule has 20 heavy (non-hydrogen) atoms. The Hall–Kier alpha value is -1.73. The van der Waals surface area contributed by atoms with Gasteiger partial charge in [-0.05, 0) is 19.9 Å². The number of nitrogens with zero attached hydrogens (tertiary/aromatic N) is 2. The van der Waals surface area contributed by atoms with Crippen molar-refractivity contribution in [3.8, 4) is 0 Å². The highest BCUT2D eigenvalue weighted by Crippen LogP contribution is 2.33. The van der Waals surface area contributed by atoms with Crippen molar-refractivity contribution >= 4 is 34.3 Å². The Balaban J connectivity index is 2.33. The second kappa shape index (κ2) is 5.72.